The van der Waals surface area contributed by atoms with E-state index in [4.69, 9.17) is 9.88 Å². The first-order valence-electron chi connectivity index (χ1n) is 7.61. The third kappa shape index (κ3) is 2.94. The molecule has 5 heteroatoms. The zero-order chi connectivity index (χ0) is 15.2. The lowest BCUT2D eigenvalue weighted by atomic mass is 9.89. The van der Waals surface area contributed by atoms with Gasteiger partial charge in [0.1, 0.15) is 5.75 Å². The molecule has 0 amide bonds. The third-order valence-electron chi connectivity index (χ3n) is 5.07. The van der Waals surface area contributed by atoms with Gasteiger partial charge in [-0.15, -0.1) is 0 Å². The third-order valence-corrected chi connectivity index (χ3v) is 6.28. The highest BCUT2D eigenvalue weighted by molar-refractivity contribution is 7.89. The number of nitrogens with two attached hydrogens (primary N) is 1. The number of hydrogen-bond donors (Lipinski definition) is 1. The van der Waals surface area contributed by atoms with Crippen LogP contribution in [-0.4, -0.2) is 15.0 Å². The number of sulfonamides is 1. The van der Waals surface area contributed by atoms with Gasteiger partial charge in [-0.3, -0.25) is 0 Å². The van der Waals surface area contributed by atoms with E-state index in [2.05, 4.69) is 0 Å². The van der Waals surface area contributed by atoms with E-state index in [0.29, 0.717) is 17.0 Å². The van der Waals surface area contributed by atoms with E-state index in [9.17, 15) is 8.42 Å². The van der Waals surface area contributed by atoms with Crippen molar-refractivity contribution < 1.29 is 13.2 Å². The molecule has 0 spiro atoms. The van der Waals surface area contributed by atoms with Gasteiger partial charge in [0.25, 0.3) is 0 Å². The van der Waals surface area contributed by atoms with Crippen LogP contribution in [0.4, 0.5) is 0 Å². The van der Waals surface area contributed by atoms with Gasteiger partial charge in [0.2, 0.25) is 10.0 Å². The van der Waals surface area contributed by atoms with Crippen molar-refractivity contribution in [1.29, 1.82) is 0 Å². The van der Waals surface area contributed by atoms with E-state index in [-0.39, 0.29) is 4.90 Å². The number of rotatable bonds is 4. The molecular formula is C16H23NO3S. The summed E-state index contributed by atoms with van der Waals surface area (Å²) in [6.45, 7) is 4.27. The van der Waals surface area contributed by atoms with Crippen molar-refractivity contribution in [3.8, 4) is 5.75 Å². The first-order valence-corrected chi connectivity index (χ1v) is 9.16. The van der Waals surface area contributed by atoms with Crippen molar-refractivity contribution in [1.82, 2.24) is 0 Å². The van der Waals surface area contributed by atoms with E-state index in [1.54, 1.807) is 26.0 Å². The lowest BCUT2D eigenvalue weighted by Crippen LogP contribution is -2.19. The Morgan fingerprint density at radius 1 is 1.19 bits per heavy atom. The summed E-state index contributed by atoms with van der Waals surface area (Å²) in [5.74, 6) is 3.17. The van der Waals surface area contributed by atoms with Gasteiger partial charge in [-0.05, 0) is 74.1 Å². The van der Waals surface area contributed by atoms with Crippen LogP contribution >= 0.6 is 0 Å². The van der Waals surface area contributed by atoms with Gasteiger partial charge in [-0.2, -0.15) is 0 Å². The van der Waals surface area contributed by atoms with Crippen LogP contribution < -0.4 is 9.88 Å². The SMILES string of the molecule is Cc1cc(OCC2CC3CCC2C3)cc(C)c1S(N)(=O)=O. The fourth-order valence-electron chi connectivity index (χ4n) is 4.23. The zero-order valence-electron chi connectivity index (χ0n) is 12.6. The van der Waals surface area contributed by atoms with Crippen LogP contribution in [-0.2, 0) is 10.0 Å². The number of hydrogen-bond acceptors (Lipinski definition) is 3. The molecule has 3 unspecified atom stereocenters. The minimum Gasteiger partial charge on any atom is -0.493 e. The van der Waals surface area contributed by atoms with Crippen molar-refractivity contribution in [2.45, 2.75) is 44.4 Å². The summed E-state index contributed by atoms with van der Waals surface area (Å²) in [4.78, 5) is 0.217. The molecule has 0 radical (unpaired) electrons. The fourth-order valence-corrected chi connectivity index (χ4v) is 5.24. The number of aryl methyl sites for hydroxylation is 2. The summed E-state index contributed by atoms with van der Waals surface area (Å²) in [6.07, 6.45) is 5.40. The molecule has 4 nitrogen and oxygen atoms in total. The summed E-state index contributed by atoms with van der Waals surface area (Å²) >= 11 is 0. The maximum absolute atomic E-state index is 11.6. The van der Waals surface area contributed by atoms with Crippen LogP contribution in [0.3, 0.4) is 0 Å². The van der Waals surface area contributed by atoms with Crippen molar-refractivity contribution in [3.05, 3.63) is 23.3 Å². The molecule has 2 aliphatic rings. The van der Waals surface area contributed by atoms with Crippen molar-refractivity contribution in [3.63, 3.8) is 0 Å². The average Bonchev–Trinajstić information content (AvgIpc) is 2.95. The van der Waals surface area contributed by atoms with E-state index in [0.717, 1.165) is 24.2 Å². The Bertz CT molecular complexity index is 630. The summed E-state index contributed by atoms with van der Waals surface area (Å²) in [5, 5.41) is 5.25. The van der Waals surface area contributed by atoms with Gasteiger partial charge in [0, 0.05) is 0 Å². The quantitative estimate of drug-likeness (QED) is 0.929. The zero-order valence-corrected chi connectivity index (χ0v) is 13.4. The molecule has 2 bridgehead atoms. The Hall–Kier alpha value is -1.07. The molecule has 0 heterocycles. The van der Waals surface area contributed by atoms with E-state index in [1.807, 2.05) is 0 Å². The van der Waals surface area contributed by atoms with E-state index >= 15 is 0 Å². The maximum atomic E-state index is 11.6. The largest absolute Gasteiger partial charge is 0.493 e. The van der Waals surface area contributed by atoms with Crippen LogP contribution in [0.25, 0.3) is 0 Å². The number of benzene rings is 1. The van der Waals surface area contributed by atoms with Crippen LogP contribution in [0, 0.1) is 31.6 Å². The minimum absolute atomic E-state index is 0.217. The summed E-state index contributed by atoms with van der Waals surface area (Å²) in [6, 6.07) is 3.56. The standard InChI is InChI=1S/C16H23NO3S/c1-10-5-15(6-11(2)16(10)21(17,18)19)20-9-14-8-12-3-4-13(14)7-12/h5-6,12-14H,3-4,7-9H2,1-2H3,(H2,17,18,19). The fraction of sp³-hybridized carbons (Fsp3) is 0.625. The summed E-state index contributed by atoms with van der Waals surface area (Å²) in [5.41, 5.74) is 1.31. The summed E-state index contributed by atoms with van der Waals surface area (Å²) in [7, 11) is -3.67. The molecule has 116 valence electrons. The molecule has 21 heavy (non-hydrogen) atoms. The Labute approximate surface area is 126 Å². The topological polar surface area (TPSA) is 69.4 Å². The first kappa shape index (κ1) is 14.9. The van der Waals surface area contributed by atoms with Crippen molar-refractivity contribution in [2.24, 2.45) is 22.9 Å². The average molecular weight is 309 g/mol. The van der Waals surface area contributed by atoms with Crippen molar-refractivity contribution in [2.75, 3.05) is 6.61 Å². The Balaban J connectivity index is 1.72. The van der Waals surface area contributed by atoms with Crippen LogP contribution in [0.5, 0.6) is 5.75 Å². The first-order chi connectivity index (χ1) is 9.84. The number of fused-ring (bicyclic) bond motifs is 2. The van der Waals surface area contributed by atoms with E-state index < -0.39 is 10.0 Å². The summed E-state index contributed by atoms with van der Waals surface area (Å²) < 4.78 is 29.1. The molecule has 2 aliphatic carbocycles. The molecule has 0 aliphatic heterocycles. The van der Waals surface area contributed by atoms with Gasteiger partial charge in [-0.25, -0.2) is 13.6 Å². The van der Waals surface area contributed by atoms with Gasteiger partial charge in [0.05, 0.1) is 11.5 Å². The van der Waals surface area contributed by atoms with E-state index in [1.165, 1.54) is 25.7 Å². The number of primary sulfonamides is 1. The molecule has 2 saturated carbocycles. The van der Waals surface area contributed by atoms with Gasteiger partial charge < -0.3 is 4.74 Å². The normalized spacial score (nSPS) is 28.0. The molecule has 3 atom stereocenters. The highest BCUT2D eigenvalue weighted by atomic mass is 32.2. The van der Waals surface area contributed by atoms with Gasteiger partial charge in [0.15, 0.2) is 0 Å². The highest BCUT2D eigenvalue weighted by Crippen LogP contribution is 2.48. The van der Waals surface area contributed by atoms with Crippen molar-refractivity contribution >= 4 is 10.0 Å². The van der Waals surface area contributed by atoms with Crippen LogP contribution in [0.2, 0.25) is 0 Å². The second kappa shape index (κ2) is 5.29. The minimum atomic E-state index is -3.67. The molecule has 1 aromatic rings. The lowest BCUT2D eigenvalue weighted by Gasteiger charge is -2.22. The molecule has 2 N–H and O–H groups in total. The lowest BCUT2D eigenvalue weighted by molar-refractivity contribution is 0.195. The second-order valence-corrected chi connectivity index (χ2v) is 8.18. The molecular weight excluding hydrogens is 286 g/mol. The molecule has 3 rings (SSSR count). The monoisotopic (exact) mass is 309 g/mol. The highest BCUT2D eigenvalue weighted by Gasteiger charge is 2.39. The second-order valence-electron chi connectivity index (χ2n) is 6.68. The molecule has 0 saturated heterocycles. The van der Waals surface area contributed by atoms with Crippen LogP contribution in [0.1, 0.15) is 36.8 Å². The Morgan fingerprint density at radius 3 is 2.33 bits per heavy atom. The Kier molecular flexibility index (Phi) is 3.74. The molecule has 0 aromatic heterocycles. The van der Waals surface area contributed by atoms with Crippen LogP contribution in [0.15, 0.2) is 17.0 Å². The molecule has 1 aromatic carbocycles. The Morgan fingerprint density at radius 2 is 1.86 bits per heavy atom. The number of ether oxygens (including phenoxy) is 1. The smallest absolute Gasteiger partial charge is 0.238 e. The predicted octanol–water partition coefficient (Wildman–Crippen LogP) is 2.77. The van der Waals surface area contributed by atoms with Gasteiger partial charge in [-0.1, -0.05) is 6.42 Å². The van der Waals surface area contributed by atoms with Gasteiger partial charge >= 0.3 is 0 Å². The predicted molar refractivity (Wildman–Crippen MR) is 81.7 cm³/mol. The maximum Gasteiger partial charge on any atom is 0.238 e. The molecule has 2 fully saturated rings.